The Balaban J connectivity index is 1.98. The Morgan fingerprint density at radius 3 is 2.86 bits per heavy atom. The molecular formula is C17H13N3O. The highest BCUT2D eigenvalue weighted by atomic mass is 16.3. The normalized spacial score (nSPS) is 12.6. The van der Waals surface area contributed by atoms with E-state index in [2.05, 4.69) is 16.0 Å². The van der Waals surface area contributed by atoms with Crippen molar-refractivity contribution < 1.29 is 4.42 Å². The number of H-pyrrole nitrogens is 1. The molecular weight excluding hydrogens is 262 g/mol. The Morgan fingerprint density at radius 2 is 2.14 bits per heavy atom. The predicted molar refractivity (Wildman–Crippen MR) is 82.0 cm³/mol. The first-order valence-corrected chi connectivity index (χ1v) is 6.55. The Labute approximate surface area is 122 Å². The second-order valence-electron chi connectivity index (χ2n) is 4.68. The van der Waals surface area contributed by atoms with Crippen molar-refractivity contribution >= 4 is 22.7 Å². The van der Waals surface area contributed by atoms with Gasteiger partial charge in [-0.2, -0.15) is 5.26 Å². The van der Waals surface area contributed by atoms with Gasteiger partial charge in [-0.1, -0.05) is 12.1 Å². The third-order valence-electron chi connectivity index (χ3n) is 3.05. The smallest absolute Gasteiger partial charge is 0.149 e. The SMILES string of the molecule is CC(=C\c1ccco1)/C=C(\C#N)c1nc2ccccc2[nH]1. The quantitative estimate of drug-likeness (QED) is 0.576. The highest BCUT2D eigenvalue weighted by Crippen LogP contribution is 2.18. The molecule has 0 aliphatic carbocycles. The van der Waals surface area contributed by atoms with E-state index in [1.807, 2.05) is 49.4 Å². The third kappa shape index (κ3) is 2.77. The Kier molecular flexibility index (Phi) is 3.40. The van der Waals surface area contributed by atoms with Crippen LogP contribution in [0.15, 0.2) is 58.7 Å². The van der Waals surface area contributed by atoms with Crippen LogP contribution in [0.1, 0.15) is 18.5 Å². The zero-order chi connectivity index (χ0) is 14.7. The van der Waals surface area contributed by atoms with Crippen LogP contribution in [0.25, 0.3) is 22.7 Å². The molecule has 0 radical (unpaired) electrons. The molecule has 0 atom stereocenters. The first kappa shape index (κ1) is 12.9. The fourth-order valence-electron chi connectivity index (χ4n) is 2.10. The zero-order valence-corrected chi connectivity index (χ0v) is 11.5. The summed E-state index contributed by atoms with van der Waals surface area (Å²) >= 11 is 0. The molecule has 3 rings (SSSR count). The van der Waals surface area contributed by atoms with Gasteiger partial charge < -0.3 is 9.40 Å². The number of hydrogen-bond donors (Lipinski definition) is 1. The van der Waals surface area contributed by atoms with Crippen LogP contribution in [-0.2, 0) is 0 Å². The maximum atomic E-state index is 9.35. The van der Waals surface area contributed by atoms with Crippen molar-refractivity contribution in [1.29, 1.82) is 5.26 Å². The van der Waals surface area contributed by atoms with Gasteiger partial charge in [-0.15, -0.1) is 0 Å². The average Bonchev–Trinajstić information content (AvgIpc) is 3.13. The number of allylic oxidation sites excluding steroid dienone is 3. The lowest BCUT2D eigenvalue weighted by Gasteiger charge is -1.95. The summed E-state index contributed by atoms with van der Waals surface area (Å²) in [6.07, 6.45) is 5.29. The average molecular weight is 275 g/mol. The van der Waals surface area contributed by atoms with E-state index in [-0.39, 0.29) is 0 Å². The van der Waals surface area contributed by atoms with Crippen LogP contribution in [0.4, 0.5) is 0 Å². The lowest BCUT2D eigenvalue weighted by molar-refractivity contribution is 0.556. The summed E-state index contributed by atoms with van der Waals surface area (Å²) in [5, 5.41) is 9.35. The summed E-state index contributed by atoms with van der Waals surface area (Å²) in [5.41, 5.74) is 3.18. The number of nitrogens with zero attached hydrogens (tertiary/aromatic N) is 2. The molecule has 0 unspecified atom stereocenters. The van der Waals surface area contributed by atoms with Gasteiger partial charge in [0.1, 0.15) is 17.7 Å². The molecule has 1 aromatic carbocycles. The highest BCUT2D eigenvalue weighted by molar-refractivity contribution is 5.83. The van der Waals surface area contributed by atoms with E-state index in [0.29, 0.717) is 11.4 Å². The fourth-order valence-corrected chi connectivity index (χ4v) is 2.10. The lowest BCUT2D eigenvalue weighted by Crippen LogP contribution is -1.85. The van der Waals surface area contributed by atoms with Crippen molar-refractivity contribution in [3.05, 3.63) is 65.9 Å². The molecule has 2 aromatic heterocycles. The number of aromatic amines is 1. The van der Waals surface area contributed by atoms with Crippen LogP contribution in [-0.4, -0.2) is 9.97 Å². The molecule has 4 heteroatoms. The second kappa shape index (κ2) is 5.51. The zero-order valence-electron chi connectivity index (χ0n) is 11.5. The van der Waals surface area contributed by atoms with E-state index in [1.54, 1.807) is 12.3 Å². The van der Waals surface area contributed by atoms with Crippen molar-refractivity contribution in [1.82, 2.24) is 9.97 Å². The van der Waals surface area contributed by atoms with Crippen LogP contribution in [0.5, 0.6) is 0 Å². The number of fused-ring (bicyclic) bond motifs is 1. The van der Waals surface area contributed by atoms with Gasteiger partial charge in [-0.05, 0) is 48.9 Å². The summed E-state index contributed by atoms with van der Waals surface area (Å²) in [7, 11) is 0. The molecule has 0 saturated carbocycles. The minimum absolute atomic E-state index is 0.492. The van der Waals surface area contributed by atoms with Gasteiger partial charge in [-0.3, -0.25) is 0 Å². The maximum absolute atomic E-state index is 9.35. The Bertz CT molecular complexity index is 828. The standard InChI is InChI=1S/C17H13N3O/c1-12(10-14-5-4-8-21-14)9-13(11-18)17-19-15-6-2-3-7-16(15)20-17/h2-10H,1H3,(H,19,20)/b12-10+,13-9+. The van der Waals surface area contributed by atoms with Crippen LogP contribution < -0.4 is 0 Å². The van der Waals surface area contributed by atoms with Gasteiger partial charge in [-0.25, -0.2) is 4.98 Å². The van der Waals surface area contributed by atoms with Crippen molar-refractivity contribution in [3.8, 4) is 6.07 Å². The van der Waals surface area contributed by atoms with E-state index in [9.17, 15) is 5.26 Å². The summed E-state index contributed by atoms with van der Waals surface area (Å²) in [6.45, 7) is 1.92. The summed E-state index contributed by atoms with van der Waals surface area (Å²) < 4.78 is 5.26. The molecule has 3 aromatic rings. The number of nitrogens with one attached hydrogen (secondary N) is 1. The monoisotopic (exact) mass is 275 g/mol. The number of para-hydroxylation sites is 2. The van der Waals surface area contributed by atoms with Crippen molar-refractivity contribution in [2.45, 2.75) is 6.92 Å². The number of benzene rings is 1. The minimum atomic E-state index is 0.492. The molecule has 0 saturated heterocycles. The van der Waals surface area contributed by atoms with E-state index >= 15 is 0 Å². The van der Waals surface area contributed by atoms with Gasteiger partial charge >= 0.3 is 0 Å². The van der Waals surface area contributed by atoms with Crippen LogP contribution in [0.2, 0.25) is 0 Å². The minimum Gasteiger partial charge on any atom is -0.465 e. The number of imidazole rings is 1. The molecule has 2 heterocycles. The van der Waals surface area contributed by atoms with Crippen molar-refractivity contribution in [3.63, 3.8) is 0 Å². The molecule has 4 nitrogen and oxygen atoms in total. The summed E-state index contributed by atoms with van der Waals surface area (Å²) in [4.78, 5) is 7.60. The van der Waals surface area contributed by atoms with E-state index in [4.69, 9.17) is 4.42 Å². The van der Waals surface area contributed by atoms with E-state index < -0.39 is 0 Å². The topological polar surface area (TPSA) is 65.6 Å². The Morgan fingerprint density at radius 1 is 1.29 bits per heavy atom. The molecule has 102 valence electrons. The predicted octanol–water partition coefficient (Wildman–Crippen LogP) is 4.17. The highest BCUT2D eigenvalue weighted by Gasteiger charge is 2.07. The Hall–Kier alpha value is -3.06. The number of hydrogen-bond acceptors (Lipinski definition) is 3. The molecule has 0 amide bonds. The van der Waals surface area contributed by atoms with Crippen LogP contribution in [0.3, 0.4) is 0 Å². The molecule has 0 spiro atoms. The van der Waals surface area contributed by atoms with Gasteiger partial charge in [0.2, 0.25) is 0 Å². The second-order valence-corrected chi connectivity index (χ2v) is 4.68. The van der Waals surface area contributed by atoms with E-state index in [1.165, 1.54) is 0 Å². The largest absolute Gasteiger partial charge is 0.465 e. The first-order valence-electron chi connectivity index (χ1n) is 6.55. The van der Waals surface area contributed by atoms with Gasteiger partial charge in [0.15, 0.2) is 0 Å². The molecule has 0 aliphatic rings. The molecule has 1 N–H and O–H groups in total. The number of furan rings is 1. The van der Waals surface area contributed by atoms with Crippen LogP contribution >= 0.6 is 0 Å². The number of nitriles is 1. The van der Waals surface area contributed by atoms with E-state index in [0.717, 1.165) is 22.4 Å². The van der Waals surface area contributed by atoms with Gasteiger partial charge in [0.25, 0.3) is 0 Å². The van der Waals surface area contributed by atoms with Gasteiger partial charge in [0.05, 0.1) is 22.9 Å². The molecule has 0 fully saturated rings. The van der Waals surface area contributed by atoms with Crippen LogP contribution in [0, 0.1) is 11.3 Å². The molecule has 21 heavy (non-hydrogen) atoms. The molecule has 0 aliphatic heterocycles. The fraction of sp³-hybridized carbons (Fsp3) is 0.0588. The van der Waals surface area contributed by atoms with Crippen molar-refractivity contribution in [2.24, 2.45) is 0 Å². The summed E-state index contributed by atoms with van der Waals surface area (Å²) in [6, 6.07) is 13.6. The lowest BCUT2D eigenvalue weighted by atomic mass is 10.1. The number of aromatic nitrogens is 2. The number of rotatable bonds is 3. The third-order valence-corrected chi connectivity index (χ3v) is 3.05. The summed E-state index contributed by atoms with van der Waals surface area (Å²) in [5.74, 6) is 1.33. The molecule has 0 bridgehead atoms. The first-order chi connectivity index (χ1) is 10.3. The van der Waals surface area contributed by atoms with Crippen molar-refractivity contribution in [2.75, 3.05) is 0 Å². The maximum Gasteiger partial charge on any atom is 0.149 e. The van der Waals surface area contributed by atoms with Gasteiger partial charge in [0, 0.05) is 0 Å².